The molecule has 0 rings (SSSR count). The number of ether oxygens (including phenoxy) is 1. The number of hydrogen-bond donors (Lipinski definition) is 1. The average molecular weight is 215 g/mol. The number of carbonyl (C=O) groups is 1. The summed E-state index contributed by atoms with van der Waals surface area (Å²) in [4.78, 5) is 11.5. The van der Waals surface area contributed by atoms with E-state index in [1.54, 1.807) is 0 Å². The van der Waals surface area contributed by atoms with Crippen molar-refractivity contribution in [2.45, 2.75) is 53.0 Å². The second kappa shape index (κ2) is 7.69. The van der Waals surface area contributed by atoms with Crippen LogP contribution in [0.2, 0.25) is 0 Å². The van der Waals surface area contributed by atoms with Gasteiger partial charge in [-0.05, 0) is 18.3 Å². The smallest absolute Gasteiger partial charge is 0.323 e. The van der Waals surface area contributed by atoms with Crippen molar-refractivity contribution in [2.75, 3.05) is 6.61 Å². The van der Waals surface area contributed by atoms with Gasteiger partial charge in [-0.2, -0.15) is 0 Å². The Morgan fingerprint density at radius 3 is 2.40 bits per heavy atom. The minimum Gasteiger partial charge on any atom is -0.464 e. The summed E-state index contributed by atoms with van der Waals surface area (Å²) in [5.41, 5.74) is 5.76. The van der Waals surface area contributed by atoms with Crippen molar-refractivity contribution in [3.05, 3.63) is 0 Å². The largest absolute Gasteiger partial charge is 0.464 e. The van der Waals surface area contributed by atoms with Gasteiger partial charge in [0, 0.05) is 0 Å². The van der Waals surface area contributed by atoms with Crippen molar-refractivity contribution < 1.29 is 9.53 Å². The number of esters is 1. The van der Waals surface area contributed by atoms with Gasteiger partial charge in [0.15, 0.2) is 0 Å². The lowest BCUT2D eigenvalue weighted by molar-refractivity contribution is -0.147. The summed E-state index contributed by atoms with van der Waals surface area (Å²) in [6, 6.07) is -0.469. The summed E-state index contributed by atoms with van der Waals surface area (Å²) in [5.74, 6) is 0.370. The fraction of sp³-hybridized carbons (Fsp3) is 0.917. The summed E-state index contributed by atoms with van der Waals surface area (Å²) in [6.07, 6.45) is 3.11. The zero-order valence-corrected chi connectivity index (χ0v) is 10.5. The van der Waals surface area contributed by atoms with E-state index >= 15 is 0 Å². The van der Waals surface area contributed by atoms with Gasteiger partial charge >= 0.3 is 5.97 Å². The Morgan fingerprint density at radius 1 is 1.33 bits per heavy atom. The molecule has 0 aliphatic carbocycles. The van der Waals surface area contributed by atoms with Crippen molar-refractivity contribution in [1.29, 1.82) is 0 Å². The van der Waals surface area contributed by atoms with Crippen LogP contribution in [-0.4, -0.2) is 18.6 Å². The summed E-state index contributed by atoms with van der Waals surface area (Å²) in [6.45, 7) is 8.71. The molecule has 2 N–H and O–H groups in total. The first-order valence-corrected chi connectivity index (χ1v) is 5.95. The van der Waals surface area contributed by atoms with Crippen molar-refractivity contribution in [3.63, 3.8) is 0 Å². The van der Waals surface area contributed by atoms with Gasteiger partial charge in [-0.15, -0.1) is 0 Å². The van der Waals surface area contributed by atoms with E-state index in [4.69, 9.17) is 10.5 Å². The van der Waals surface area contributed by atoms with E-state index in [-0.39, 0.29) is 11.9 Å². The summed E-state index contributed by atoms with van der Waals surface area (Å²) < 4.78 is 5.18. The highest BCUT2D eigenvalue weighted by Crippen LogP contribution is 2.09. The van der Waals surface area contributed by atoms with Crippen molar-refractivity contribution in [1.82, 2.24) is 0 Å². The molecule has 0 saturated carbocycles. The third-order valence-corrected chi connectivity index (χ3v) is 2.82. The van der Waals surface area contributed by atoms with Crippen LogP contribution in [-0.2, 0) is 9.53 Å². The van der Waals surface area contributed by atoms with Gasteiger partial charge in [0.2, 0.25) is 0 Å². The Balaban J connectivity index is 3.82. The monoisotopic (exact) mass is 215 g/mol. The number of nitrogens with two attached hydrogens (primary N) is 1. The molecule has 0 spiro atoms. The van der Waals surface area contributed by atoms with Gasteiger partial charge < -0.3 is 10.5 Å². The van der Waals surface area contributed by atoms with Gasteiger partial charge in [0.1, 0.15) is 6.04 Å². The molecule has 0 amide bonds. The molecule has 0 fully saturated rings. The third kappa shape index (κ3) is 5.78. The van der Waals surface area contributed by atoms with Crippen LogP contribution >= 0.6 is 0 Å². The molecule has 0 aromatic rings. The van der Waals surface area contributed by atoms with Gasteiger partial charge in [0.25, 0.3) is 0 Å². The van der Waals surface area contributed by atoms with Gasteiger partial charge in [-0.25, -0.2) is 0 Å². The highest BCUT2D eigenvalue weighted by Gasteiger charge is 2.21. The highest BCUT2D eigenvalue weighted by atomic mass is 16.5. The first kappa shape index (κ1) is 14.4. The molecule has 1 unspecified atom stereocenters. The summed E-state index contributed by atoms with van der Waals surface area (Å²) >= 11 is 0. The Morgan fingerprint density at radius 2 is 1.93 bits per heavy atom. The molecule has 0 aromatic carbocycles. The minimum atomic E-state index is -0.469. The van der Waals surface area contributed by atoms with E-state index in [0.717, 1.165) is 19.3 Å². The molecule has 0 heterocycles. The van der Waals surface area contributed by atoms with Gasteiger partial charge in [-0.3, -0.25) is 4.79 Å². The quantitative estimate of drug-likeness (QED) is 0.663. The maximum atomic E-state index is 11.5. The molecule has 0 aromatic heterocycles. The maximum absolute atomic E-state index is 11.5. The molecule has 15 heavy (non-hydrogen) atoms. The van der Waals surface area contributed by atoms with Gasteiger partial charge in [-0.1, -0.05) is 40.5 Å². The second-order valence-electron chi connectivity index (χ2n) is 4.44. The predicted molar refractivity (Wildman–Crippen MR) is 62.5 cm³/mol. The van der Waals surface area contributed by atoms with Crippen LogP contribution in [0.3, 0.4) is 0 Å². The van der Waals surface area contributed by atoms with E-state index in [2.05, 4.69) is 13.8 Å². The van der Waals surface area contributed by atoms with Crippen LogP contribution < -0.4 is 5.73 Å². The fourth-order valence-corrected chi connectivity index (χ4v) is 1.38. The predicted octanol–water partition coefficient (Wildman–Crippen LogP) is 2.34. The fourth-order valence-electron chi connectivity index (χ4n) is 1.38. The SMILES string of the molecule is CCCC(C)COC(=O)[C@@H](N)[C@@H](C)CC. The Hall–Kier alpha value is -0.570. The van der Waals surface area contributed by atoms with Crippen LogP contribution in [0.25, 0.3) is 0 Å². The number of hydrogen-bond acceptors (Lipinski definition) is 3. The Labute approximate surface area is 93.4 Å². The van der Waals surface area contributed by atoms with Crippen molar-refractivity contribution >= 4 is 5.97 Å². The first-order valence-electron chi connectivity index (χ1n) is 5.95. The van der Waals surface area contributed by atoms with Crippen LogP contribution in [0.1, 0.15) is 47.0 Å². The van der Waals surface area contributed by atoms with Crippen molar-refractivity contribution in [3.8, 4) is 0 Å². The van der Waals surface area contributed by atoms with E-state index < -0.39 is 6.04 Å². The van der Waals surface area contributed by atoms with Crippen LogP contribution in [0, 0.1) is 11.8 Å². The van der Waals surface area contributed by atoms with Crippen molar-refractivity contribution in [2.24, 2.45) is 17.6 Å². The van der Waals surface area contributed by atoms with E-state index in [0.29, 0.717) is 12.5 Å². The van der Waals surface area contributed by atoms with Crippen LogP contribution in [0.15, 0.2) is 0 Å². The first-order chi connectivity index (χ1) is 7.02. The molecular formula is C12H25NO2. The molecule has 0 aliphatic rings. The third-order valence-electron chi connectivity index (χ3n) is 2.82. The lowest BCUT2D eigenvalue weighted by Gasteiger charge is -2.18. The van der Waals surface area contributed by atoms with Crippen LogP contribution in [0.4, 0.5) is 0 Å². The minimum absolute atomic E-state index is 0.194. The zero-order valence-electron chi connectivity index (χ0n) is 10.5. The Bertz CT molecular complexity index is 182. The molecule has 3 atom stereocenters. The number of carbonyl (C=O) groups excluding carboxylic acids is 1. The standard InChI is InChI=1S/C12H25NO2/c1-5-7-9(3)8-15-12(14)11(13)10(4)6-2/h9-11H,5-8,13H2,1-4H3/t9?,10-,11-/m0/s1. The molecular weight excluding hydrogens is 190 g/mol. The maximum Gasteiger partial charge on any atom is 0.323 e. The molecule has 3 nitrogen and oxygen atoms in total. The van der Waals surface area contributed by atoms with Gasteiger partial charge in [0.05, 0.1) is 6.61 Å². The normalized spacial score (nSPS) is 16.9. The molecule has 0 radical (unpaired) electrons. The van der Waals surface area contributed by atoms with E-state index in [1.807, 2.05) is 13.8 Å². The molecule has 90 valence electrons. The zero-order chi connectivity index (χ0) is 11.8. The summed E-state index contributed by atoms with van der Waals surface area (Å²) in [5, 5.41) is 0. The van der Waals surface area contributed by atoms with E-state index in [9.17, 15) is 4.79 Å². The topological polar surface area (TPSA) is 52.3 Å². The average Bonchev–Trinajstić information content (AvgIpc) is 2.24. The Kier molecular flexibility index (Phi) is 7.39. The number of rotatable bonds is 7. The van der Waals surface area contributed by atoms with Crippen LogP contribution in [0.5, 0.6) is 0 Å². The lowest BCUT2D eigenvalue weighted by Crippen LogP contribution is -2.38. The summed E-state index contributed by atoms with van der Waals surface area (Å²) in [7, 11) is 0. The molecule has 0 bridgehead atoms. The second-order valence-corrected chi connectivity index (χ2v) is 4.44. The molecule has 0 saturated heterocycles. The highest BCUT2D eigenvalue weighted by molar-refractivity contribution is 5.75. The van der Waals surface area contributed by atoms with E-state index in [1.165, 1.54) is 0 Å². The molecule has 0 aliphatic heterocycles. The lowest BCUT2D eigenvalue weighted by atomic mass is 10.0. The molecule has 3 heteroatoms.